The number of aryl methyl sites for hydroxylation is 1. The van der Waals surface area contributed by atoms with Crippen LogP contribution in [-0.4, -0.2) is 19.5 Å². The van der Waals surface area contributed by atoms with Crippen LogP contribution in [0.2, 0.25) is 0 Å². The molecule has 0 saturated heterocycles. The molecule has 0 fully saturated rings. The van der Waals surface area contributed by atoms with E-state index >= 15 is 0 Å². The number of hydrogen-bond acceptors (Lipinski definition) is 5. The first-order chi connectivity index (χ1) is 9.94. The fourth-order valence-electron chi connectivity index (χ4n) is 1.77. The Hall–Kier alpha value is -1.90. The first kappa shape index (κ1) is 15.5. The van der Waals surface area contributed by atoms with Crippen molar-refractivity contribution in [3.63, 3.8) is 0 Å². The molecular formula is C13H15N3O3S2. The molecule has 1 atom stereocenters. The summed E-state index contributed by atoms with van der Waals surface area (Å²) in [6.07, 6.45) is 0. The molecule has 0 amide bonds. The van der Waals surface area contributed by atoms with Crippen LogP contribution >= 0.6 is 11.3 Å². The van der Waals surface area contributed by atoms with Crippen LogP contribution in [0.1, 0.15) is 16.5 Å². The van der Waals surface area contributed by atoms with E-state index in [1.165, 1.54) is 6.07 Å². The summed E-state index contributed by atoms with van der Waals surface area (Å²) in [7, 11) is -3.75. The predicted molar refractivity (Wildman–Crippen MR) is 82.0 cm³/mol. The summed E-state index contributed by atoms with van der Waals surface area (Å²) < 4.78 is 27.4. The van der Waals surface area contributed by atoms with Crippen LogP contribution in [0.15, 0.2) is 51.8 Å². The smallest absolute Gasteiger partial charge is 0.251 e. The van der Waals surface area contributed by atoms with Gasteiger partial charge in [-0.25, -0.2) is 8.42 Å². The molecule has 1 aromatic carbocycles. The summed E-state index contributed by atoms with van der Waals surface area (Å²) in [5.41, 5.74) is 6.20. The molecule has 0 aliphatic carbocycles. The molecule has 112 valence electrons. The van der Waals surface area contributed by atoms with Gasteiger partial charge in [-0.15, -0.1) is 11.3 Å². The Labute approximate surface area is 127 Å². The zero-order valence-electron chi connectivity index (χ0n) is 11.2. The van der Waals surface area contributed by atoms with Gasteiger partial charge in [-0.2, -0.15) is 4.72 Å². The molecule has 2 rings (SSSR count). The highest BCUT2D eigenvalue weighted by Gasteiger charge is 2.25. The van der Waals surface area contributed by atoms with Gasteiger partial charge in [-0.05, 0) is 24.6 Å². The number of amidine groups is 1. The topological polar surface area (TPSA) is 105 Å². The Morgan fingerprint density at radius 1 is 1.29 bits per heavy atom. The Morgan fingerprint density at radius 2 is 1.95 bits per heavy atom. The standard InChI is InChI=1S/C13H15N3O3S2/c1-9-7-8-11(20-9)21(18,19)16-12(13(14)15-17)10-5-3-2-4-6-10/h2-8,12,16-17H,1H3,(H2,14,15). The van der Waals surface area contributed by atoms with E-state index in [-0.39, 0.29) is 10.0 Å². The van der Waals surface area contributed by atoms with Crippen LogP contribution in [-0.2, 0) is 10.0 Å². The molecule has 0 spiro atoms. The lowest BCUT2D eigenvalue weighted by atomic mass is 10.1. The van der Waals surface area contributed by atoms with E-state index in [1.54, 1.807) is 36.4 Å². The molecule has 0 aliphatic rings. The fraction of sp³-hybridized carbons (Fsp3) is 0.154. The van der Waals surface area contributed by atoms with Crippen LogP contribution in [0.25, 0.3) is 0 Å². The number of nitrogens with zero attached hydrogens (tertiary/aromatic N) is 1. The Morgan fingerprint density at radius 3 is 2.48 bits per heavy atom. The lowest BCUT2D eigenvalue weighted by molar-refractivity contribution is 0.315. The molecule has 4 N–H and O–H groups in total. The van der Waals surface area contributed by atoms with Gasteiger partial charge in [0, 0.05) is 4.88 Å². The van der Waals surface area contributed by atoms with E-state index in [4.69, 9.17) is 10.9 Å². The molecular weight excluding hydrogens is 310 g/mol. The maximum absolute atomic E-state index is 12.4. The largest absolute Gasteiger partial charge is 0.409 e. The summed E-state index contributed by atoms with van der Waals surface area (Å²) >= 11 is 1.16. The minimum Gasteiger partial charge on any atom is -0.409 e. The molecule has 8 heteroatoms. The third-order valence-electron chi connectivity index (χ3n) is 2.80. The lowest BCUT2D eigenvalue weighted by Crippen LogP contribution is -2.37. The SMILES string of the molecule is Cc1ccc(S(=O)(=O)NC(/C(N)=N/O)c2ccccc2)s1. The summed E-state index contributed by atoms with van der Waals surface area (Å²) in [6.45, 7) is 1.82. The number of sulfonamides is 1. The third-order valence-corrected chi connectivity index (χ3v) is 5.71. The van der Waals surface area contributed by atoms with Crippen molar-refractivity contribution in [1.82, 2.24) is 4.72 Å². The molecule has 2 aromatic rings. The molecule has 0 bridgehead atoms. The number of nitrogens with one attached hydrogen (secondary N) is 1. The number of benzene rings is 1. The van der Waals surface area contributed by atoms with E-state index < -0.39 is 16.1 Å². The van der Waals surface area contributed by atoms with Crippen LogP contribution < -0.4 is 10.5 Å². The van der Waals surface area contributed by atoms with Crippen molar-refractivity contribution in [1.29, 1.82) is 0 Å². The summed E-state index contributed by atoms with van der Waals surface area (Å²) in [5, 5.41) is 11.8. The zero-order chi connectivity index (χ0) is 15.5. The number of thiophene rings is 1. The number of oxime groups is 1. The van der Waals surface area contributed by atoms with Crippen LogP contribution in [0.3, 0.4) is 0 Å². The molecule has 0 aliphatic heterocycles. The van der Waals surface area contributed by atoms with Gasteiger partial charge in [-0.1, -0.05) is 35.5 Å². The Balaban J connectivity index is 2.36. The van der Waals surface area contributed by atoms with Crippen molar-refractivity contribution in [3.8, 4) is 0 Å². The number of hydrogen-bond donors (Lipinski definition) is 3. The predicted octanol–water partition coefficient (Wildman–Crippen LogP) is 1.82. The molecule has 1 heterocycles. The van der Waals surface area contributed by atoms with Crippen molar-refractivity contribution < 1.29 is 13.6 Å². The van der Waals surface area contributed by atoms with Crippen molar-refractivity contribution >= 4 is 27.2 Å². The molecule has 6 nitrogen and oxygen atoms in total. The van der Waals surface area contributed by atoms with Gasteiger partial charge in [-0.3, -0.25) is 0 Å². The van der Waals surface area contributed by atoms with Gasteiger partial charge in [0.25, 0.3) is 10.0 Å². The maximum atomic E-state index is 12.4. The second kappa shape index (κ2) is 6.25. The van der Waals surface area contributed by atoms with Crippen molar-refractivity contribution in [2.75, 3.05) is 0 Å². The first-order valence-corrected chi connectivity index (χ1v) is 8.35. The number of nitrogens with two attached hydrogens (primary N) is 1. The Bertz CT molecular complexity index is 739. The van der Waals surface area contributed by atoms with Gasteiger partial charge >= 0.3 is 0 Å². The van der Waals surface area contributed by atoms with E-state index in [0.29, 0.717) is 5.56 Å². The van der Waals surface area contributed by atoms with Gasteiger partial charge in [0.05, 0.1) is 0 Å². The minimum absolute atomic E-state index is 0.187. The van der Waals surface area contributed by atoms with Gasteiger partial charge in [0.2, 0.25) is 0 Å². The Kier molecular flexibility index (Phi) is 4.61. The second-order valence-electron chi connectivity index (χ2n) is 4.35. The lowest BCUT2D eigenvalue weighted by Gasteiger charge is -2.17. The third kappa shape index (κ3) is 3.60. The highest BCUT2D eigenvalue weighted by Crippen LogP contribution is 2.23. The number of rotatable bonds is 5. The molecule has 1 unspecified atom stereocenters. The van der Waals surface area contributed by atoms with Gasteiger partial charge in [0.1, 0.15) is 10.3 Å². The van der Waals surface area contributed by atoms with Crippen molar-refractivity contribution in [2.45, 2.75) is 17.2 Å². The van der Waals surface area contributed by atoms with E-state index in [0.717, 1.165) is 16.2 Å². The van der Waals surface area contributed by atoms with Crippen molar-refractivity contribution in [2.24, 2.45) is 10.9 Å². The van der Waals surface area contributed by atoms with E-state index in [9.17, 15) is 8.42 Å². The fourth-order valence-corrected chi connectivity index (χ4v) is 4.27. The average Bonchev–Trinajstić information content (AvgIpc) is 2.92. The van der Waals surface area contributed by atoms with E-state index in [1.807, 2.05) is 6.92 Å². The highest BCUT2D eigenvalue weighted by molar-refractivity contribution is 7.91. The van der Waals surface area contributed by atoms with Crippen LogP contribution in [0, 0.1) is 6.92 Å². The average molecular weight is 325 g/mol. The summed E-state index contributed by atoms with van der Waals surface area (Å²) in [6, 6.07) is 11.0. The van der Waals surface area contributed by atoms with Crippen LogP contribution in [0.4, 0.5) is 0 Å². The molecule has 1 aromatic heterocycles. The molecule has 0 radical (unpaired) electrons. The first-order valence-electron chi connectivity index (χ1n) is 6.05. The monoisotopic (exact) mass is 325 g/mol. The van der Waals surface area contributed by atoms with Crippen LogP contribution in [0.5, 0.6) is 0 Å². The van der Waals surface area contributed by atoms with Gasteiger partial charge in [0.15, 0.2) is 5.84 Å². The molecule has 21 heavy (non-hydrogen) atoms. The second-order valence-corrected chi connectivity index (χ2v) is 7.58. The zero-order valence-corrected chi connectivity index (χ0v) is 12.9. The maximum Gasteiger partial charge on any atom is 0.251 e. The van der Waals surface area contributed by atoms with Gasteiger partial charge < -0.3 is 10.9 Å². The summed E-state index contributed by atoms with van der Waals surface area (Å²) in [4.78, 5) is 0.885. The molecule has 0 saturated carbocycles. The normalized spacial score (nSPS) is 14.0. The summed E-state index contributed by atoms with van der Waals surface area (Å²) in [5.74, 6) is -0.224. The van der Waals surface area contributed by atoms with E-state index in [2.05, 4.69) is 9.88 Å². The van der Waals surface area contributed by atoms with Crippen molar-refractivity contribution in [3.05, 3.63) is 52.9 Å². The highest BCUT2D eigenvalue weighted by atomic mass is 32.2. The quantitative estimate of drug-likeness (QED) is 0.337. The minimum atomic E-state index is -3.75.